The standard InChI is InChI=1S/C22H27N3O2/c1-23-13-14-24(2)20(26)16-22(15-17-9-5-4-6-10-17)18-11-7-8-12-19(18)25(3)21(22)27/h4-12,23H,13-16H2,1-3H3/t22-/m0/s1. The number of amides is 2. The molecule has 0 aromatic heterocycles. The van der Waals surface area contributed by atoms with Crippen LogP contribution in [-0.4, -0.2) is 50.9 Å². The van der Waals surface area contributed by atoms with Gasteiger partial charge in [0, 0.05) is 39.3 Å². The van der Waals surface area contributed by atoms with Gasteiger partial charge in [0.15, 0.2) is 0 Å². The van der Waals surface area contributed by atoms with Crippen LogP contribution < -0.4 is 10.2 Å². The van der Waals surface area contributed by atoms with E-state index in [0.29, 0.717) is 13.0 Å². The molecule has 0 saturated heterocycles. The Labute approximate surface area is 161 Å². The Morgan fingerprint density at radius 3 is 2.48 bits per heavy atom. The van der Waals surface area contributed by atoms with Crippen molar-refractivity contribution >= 4 is 17.5 Å². The van der Waals surface area contributed by atoms with Gasteiger partial charge in [-0.1, -0.05) is 48.5 Å². The van der Waals surface area contributed by atoms with Crippen LogP contribution in [0.5, 0.6) is 0 Å². The number of hydrogen-bond acceptors (Lipinski definition) is 3. The largest absolute Gasteiger partial charge is 0.344 e. The van der Waals surface area contributed by atoms with E-state index in [1.54, 1.807) is 23.9 Å². The number of hydrogen-bond donors (Lipinski definition) is 1. The van der Waals surface area contributed by atoms with Gasteiger partial charge in [0.2, 0.25) is 11.8 Å². The lowest BCUT2D eigenvalue weighted by Crippen LogP contribution is -2.45. The number of carbonyl (C=O) groups is 2. The Morgan fingerprint density at radius 2 is 1.78 bits per heavy atom. The number of nitrogens with zero attached hydrogens (tertiary/aromatic N) is 2. The van der Waals surface area contributed by atoms with Crippen LogP contribution in [0.25, 0.3) is 0 Å². The summed E-state index contributed by atoms with van der Waals surface area (Å²) in [6, 6.07) is 17.8. The van der Waals surface area contributed by atoms with Gasteiger partial charge in [0.05, 0.1) is 5.41 Å². The highest BCUT2D eigenvalue weighted by Gasteiger charge is 2.51. The van der Waals surface area contributed by atoms with Crippen molar-refractivity contribution < 1.29 is 9.59 Å². The third-order valence-corrected chi connectivity index (χ3v) is 5.42. The Hall–Kier alpha value is -2.66. The molecule has 1 aliphatic heterocycles. The maximum atomic E-state index is 13.4. The van der Waals surface area contributed by atoms with Gasteiger partial charge in [-0.3, -0.25) is 9.59 Å². The lowest BCUT2D eigenvalue weighted by Gasteiger charge is -2.30. The molecule has 0 unspecified atom stereocenters. The van der Waals surface area contributed by atoms with Crippen LogP contribution in [0, 0.1) is 0 Å². The zero-order chi connectivity index (χ0) is 19.4. The molecular formula is C22H27N3O2. The molecule has 2 aromatic rings. The van der Waals surface area contributed by atoms with Crippen molar-refractivity contribution in [3.05, 3.63) is 65.7 Å². The summed E-state index contributed by atoms with van der Waals surface area (Å²) in [5, 5.41) is 3.06. The topological polar surface area (TPSA) is 52.7 Å². The Morgan fingerprint density at radius 1 is 1.11 bits per heavy atom. The zero-order valence-corrected chi connectivity index (χ0v) is 16.2. The summed E-state index contributed by atoms with van der Waals surface area (Å²) in [5.41, 5.74) is 2.03. The highest BCUT2D eigenvalue weighted by Crippen LogP contribution is 2.45. The van der Waals surface area contributed by atoms with E-state index in [4.69, 9.17) is 0 Å². The lowest BCUT2D eigenvalue weighted by molar-refractivity contribution is -0.135. The summed E-state index contributed by atoms with van der Waals surface area (Å²) >= 11 is 0. The van der Waals surface area contributed by atoms with E-state index in [1.165, 1.54) is 0 Å². The van der Waals surface area contributed by atoms with Crippen molar-refractivity contribution in [2.24, 2.45) is 0 Å². The summed E-state index contributed by atoms with van der Waals surface area (Å²) in [6.07, 6.45) is 0.682. The molecular weight excluding hydrogens is 338 g/mol. The molecule has 0 saturated carbocycles. The summed E-state index contributed by atoms with van der Waals surface area (Å²) in [7, 11) is 5.45. The molecule has 27 heavy (non-hydrogen) atoms. The molecule has 0 bridgehead atoms. The molecule has 5 heteroatoms. The molecule has 3 rings (SSSR count). The van der Waals surface area contributed by atoms with Crippen LogP contribution in [-0.2, 0) is 21.4 Å². The van der Waals surface area contributed by atoms with E-state index in [-0.39, 0.29) is 18.2 Å². The number of likely N-dealkylation sites (N-methyl/N-ethyl adjacent to an activating group) is 3. The van der Waals surface area contributed by atoms with Gasteiger partial charge < -0.3 is 15.1 Å². The van der Waals surface area contributed by atoms with Crippen molar-refractivity contribution in [2.45, 2.75) is 18.3 Å². The van der Waals surface area contributed by atoms with Crippen molar-refractivity contribution in [1.82, 2.24) is 10.2 Å². The Bertz CT molecular complexity index is 821. The monoisotopic (exact) mass is 365 g/mol. The number of rotatable bonds is 7. The smallest absolute Gasteiger partial charge is 0.238 e. The molecule has 1 aliphatic rings. The van der Waals surface area contributed by atoms with E-state index < -0.39 is 5.41 Å². The minimum absolute atomic E-state index is 0.0112. The van der Waals surface area contributed by atoms with Gasteiger partial charge in [-0.2, -0.15) is 0 Å². The summed E-state index contributed by atoms with van der Waals surface area (Å²) in [6.45, 7) is 1.33. The quantitative estimate of drug-likeness (QED) is 0.819. The van der Waals surface area contributed by atoms with Crippen molar-refractivity contribution in [1.29, 1.82) is 0 Å². The molecule has 2 amide bonds. The van der Waals surface area contributed by atoms with Crippen LogP contribution in [0.3, 0.4) is 0 Å². The molecule has 0 spiro atoms. The fourth-order valence-corrected chi connectivity index (χ4v) is 3.86. The van der Waals surface area contributed by atoms with Gasteiger partial charge >= 0.3 is 0 Å². The number of fused-ring (bicyclic) bond motifs is 1. The predicted octanol–water partition coefficient (Wildman–Crippen LogP) is 2.21. The normalized spacial score (nSPS) is 18.5. The minimum atomic E-state index is -0.863. The second-order valence-corrected chi connectivity index (χ2v) is 7.22. The molecule has 2 aromatic carbocycles. The van der Waals surface area contributed by atoms with Crippen LogP contribution in [0.4, 0.5) is 5.69 Å². The average molecular weight is 365 g/mol. The lowest BCUT2D eigenvalue weighted by atomic mass is 9.73. The minimum Gasteiger partial charge on any atom is -0.344 e. The van der Waals surface area contributed by atoms with Gasteiger partial charge in [-0.25, -0.2) is 0 Å². The maximum absolute atomic E-state index is 13.4. The third-order valence-electron chi connectivity index (χ3n) is 5.42. The van der Waals surface area contributed by atoms with Crippen molar-refractivity contribution in [3.63, 3.8) is 0 Å². The van der Waals surface area contributed by atoms with E-state index >= 15 is 0 Å². The number of para-hydroxylation sites is 1. The van der Waals surface area contributed by atoms with Gasteiger partial charge in [-0.15, -0.1) is 0 Å². The van der Waals surface area contributed by atoms with Crippen LogP contribution in [0.1, 0.15) is 17.5 Å². The van der Waals surface area contributed by atoms with E-state index in [1.807, 2.05) is 61.6 Å². The highest BCUT2D eigenvalue weighted by molar-refractivity contribution is 6.09. The van der Waals surface area contributed by atoms with Gasteiger partial charge in [-0.05, 0) is 30.7 Å². The van der Waals surface area contributed by atoms with Crippen molar-refractivity contribution in [3.8, 4) is 0 Å². The molecule has 1 atom stereocenters. The van der Waals surface area contributed by atoms with Gasteiger partial charge in [0.25, 0.3) is 0 Å². The zero-order valence-electron chi connectivity index (χ0n) is 16.2. The molecule has 0 aliphatic carbocycles. The first kappa shape index (κ1) is 19.1. The summed E-state index contributed by atoms with van der Waals surface area (Å²) in [5.74, 6) is -0.0254. The third kappa shape index (κ3) is 3.60. The average Bonchev–Trinajstić information content (AvgIpc) is 2.89. The van der Waals surface area contributed by atoms with E-state index in [2.05, 4.69) is 5.32 Å². The fraction of sp³-hybridized carbons (Fsp3) is 0.364. The SMILES string of the molecule is CNCCN(C)C(=O)C[C@]1(Cc2ccccc2)C(=O)N(C)c2ccccc21. The number of anilines is 1. The summed E-state index contributed by atoms with van der Waals surface area (Å²) < 4.78 is 0. The van der Waals surface area contributed by atoms with E-state index in [9.17, 15) is 9.59 Å². The van der Waals surface area contributed by atoms with E-state index in [0.717, 1.165) is 23.4 Å². The Kier molecular flexibility index (Phi) is 5.61. The van der Waals surface area contributed by atoms with Crippen LogP contribution in [0.2, 0.25) is 0 Å². The van der Waals surface area contributed by atoms with Crippen LogP contribution in [0.15, 0.2) is 54.6 Å². The molecule has 142 valence electrons. The number of nitrogens with one attached hydrogen (secondary N) is 1. The highest BCUT2D eigenvalue weighted by atomic mass is 16.2. The second-order valence-electron chi connectivity index (χ2n) is 7.22. The number of carbonyl (C=O) groups excluding carboxylic acids is 2. The first-order chi connectivity index (χ1) is 13.0. The molecule has 1 N–H and O–H groups in total. The van der Waals surface area contributed by atoms with Crippen molar-refractivity contribution in [2.75, 3.05) is 39.1 Å². The van der Waals surface area contributed by atoms with Gasteiger partial charge in [0.1, 0.15) is 0 Å². The summed E-state index contributed by atoms with van der Waals surface area (Å²) in [4.78, 5) is 29.8. The fourth-order valence-electron chi connectivity index (χ4n) is 3.86. The number of benzene rings is 2. The predicted molar refractivity (Wildman–Crippen MR) is 108 cm³/mol. The molecule has 1 heterocycles. The first-order valence-electron chi connectivity index (χ1n) is 9.30. The van der Waals surface area contributed by atoms with Crippen LogP contribution >= 0.6 is 0 Å². The Balaban J connectivity index is 2.00. The molecule has 5 nitrogen and oxygen atoms in total. The molecule has 0 fully saturated rings. The second kappa shape index (κ2) is 7.92. The first-order valence-corrected chi connectivity index (χ1v) is 9.30. The molecule has 0 radical (unpaired) electrons. The maximum Gasteiger partial charge on any atom is 0.238 e.